The molecule has 94 valence electrons. The van der Waals surface area contributed by atoms with Gasteiger partial charge < -0.3 is 14.7 Å². The Morgan fingerprint density at radius 3 is 2.76 bits per heavy atom. The number of hydrogen-bond acceptors (Lipinski definition) is 6. The molecule has 1 aromatic rings. The molecular weight excluding hydrogens is 244 g/mol. The molecule has 17 heavy (non-hydrogen) atoms. The van der Waals surface area contributed by atoms with Gasteiger partial charge in [0.1, 0.15) is 0 Å². The molecule has 1 unspecified atom stereocenters. The third-order valence-electron chi connectivity index (χ3n) is 2.62. The molecule has 1 atom stereocenters. The van der Waals surface area contributed by atoms with Crippen molar-refractivity contribution >= 4 is 22.0 Å². The molecule has 7 heteroatoms. The minimum absolute atomic E-state index is 0.0767. The first-order valence-electron chi connectivity index (χ1n) is 5.38. The Morgan fingerprint density at radius 2 is 2.24 bits per heavy atom. The summed E-state index contributed by atoms with van der Waals surface area (Å²) in [6, 6.07) is 1.46. The van der Waals surface area contributed by atoms with Gasteiger partial charge in [-0.05, 0) is 6.92 Å². The normalized spacial score (nSPS) is 18.1. The number of nitrogens with zero attached hydrogens (tertiary/aromatic N) is 2. The van der Waals surface area contributed by atoms with Crippen molar-refractivity contribution < 1.29 is 14.8 Å². The van der Waals surface area contributed by atoms with E-state index in [-0.39, 0.29) is 5.69 Å². The molecule has 0 aromatic carbocycles. The van der Waals surface area contributed by atoms with E-state index in [2.05, 4.69) is 0 Å². The highest BCUT2D eigenvalue weighted by Crippen LogP contribution is 2.40. The summed E-state index contributed by atoms with van der Waals surface area (Å²) < 4.78 is 5.22. The number of aliphatic hydroxyl groups excluding tert-OH is 1. The van der Waals surface area contributed by atoms with Crippen LogP contribution in [0.15, 0.2) is 6.07 Å². The van der Waals surface area contributed by atoms with Gasteiger partial charge in [-0.15, -0.1) is 11.3 Å². The van der Waals surface area contributed by atoms with Crippen molar-refractivity contribution in [3.63, 3.8) is 0 Å². The lowest BCUT2D eigenvalue weighted by Crippen LogP contribution is -2.35. The van der Waals surface area contributed by atoms with Crippen LogP contribution in [0, 0.1) is 10.1 Å². The molecule has 1 aromatic heterocycles. The number of rotatable bonds is 3. The number of thiophene rings is 1. The highest BCUT2D eigenvalue weighted by atomic mass is 32.1. The van der Waals surface area contributed by atoms with Gasteiger partial charge in [0.2, 0.25) is 0 Å². The maximum absolute atomic E-state index is 11.0. The molecular formula is C10H14N2O4S. The number of morpholine rings is 1. The number of nitro groups is 1. The Labute approximate surface area is 103 Å². The summed E-state index contributed by atoms with van der Waals surface area (Å²) >= 11 is 1.28. The highest BCUT2D eigenvalue weighted by Gasteiger charge is 2.26. The predicted octanol–water partition coefficient (Wildman–Crippen LogP) is 1.55. The maximum atomic E-state index is 11.0. The van der Waals surface area contributed by atoms with E-state index in [1.54, 1.807) is 6.92 Å². The molecule has 0 bridgehead atoms. The monoisotopic (exact) mass is 258 g/mol. The zero-order valence-electron chi connectivity index (χ0n) is 9.46. The fourth-order valence-corrected chi connectivity index (χ4v) is 2.83. The van der Waals surface area contributed by atoms with Gasteiger partial charge in [-0.25, -0.2) is 0 Å². The molecule has 1 N–H and O–H groups in total. The van der Waals surface area contributed by atoms with Crippen molar-refractivity contribution in [2.45, 2.75) is 13.0 Å². The van der Waals surface area contributed by atoms with E-state index in [0.29, 0.717) is 36.2 Å². The Hall–Kier alpha value is -1.18. The molecule has 6 nitrogen and oxygen atoms in total. The van der Waals surface area contributed by atoms with Crippen molar-refractivity contribution in [1.82, 2.24) is 0 Å². The lowest BCUT2D eigenvalue weighted by Gasteiger charge is -2.26. The van der Waals surface area contributed by atoms with Crippen LogP contribution in [0.1, 0.15) is 17.9 Å². The third kappa shape index (κ3) is 2.56. The van der Waals surface area contributed by atoms with Gasteiger partial charge >= 0.3 is 5.69 Å². The summed E-state index contributed by atoms with van der Waals surface area (Å²) in [5, 5.41) is 21.1. The van der Waals surface area contributed by atoms with Gasteiger partial charge in [0.25, 0.3) is 0 Å². The van der Waals surface area contributed by atoms with E-state index >= 15 is 0 Å². The number of aliphatic hydroxyl groups is 1. The molecule has 1 aliphatic heterocycles. The van der Waals surface area contributed by atoms with Crippen molar-refractivity contribution in [3.8, 4) is 0 Å². The van der Waals surface area contributed by atoms with Crippen molar-refractivity contribution in [2.24, 2.45) is 0 Å². The second-order valence-electron chi connectivity index (χ2n) is 3.87. The summed E-state index contributed by atoms with van der Waals surface area (Å²) in [6.45, 7) is 4.08. The summed E-state index contributed by atoms with van der Waals surface area (Å²) in [5.74, 6) is 0. The van der Waals surface area contributed by atoms with Crippen LogP contribution in [0.3, 0.4) is 0 Å². The largest absolute Gasteiger partial charge is 0.388 e. The number of hydrogen-bond donors (Lipinski definition) is 1. The second-order valence-corrected chi connectivity index (χ2v) is 4.93. The van der Waals surface area contributed by atoms with Crippen molar-refractivity contribution in [3.05, 3.63) is 21.1 Å². The van der Waals surface area contributed by atoms with E-state index in [4.69, 9.17) is 4.74 Å². The molecule has 0 aliphatic carbocycles. The lowest BCUT2D eigenvalue weighted by atomic mass is 10.3. The fraction of sp³-hybridized carbons (Fsp3) is 0.600. The third-order valence-corrected chi connectivity index (χ3v) is 3.97. The minimum Gasteiger partial charge on any atom is -0.388 e. The molecule has 0 amide bonds. The smallest absolute Gasteiger partial charge is 0.304 e. The van der Waals surface area contributed by atoms with Crippen LogP contribution in [0.4, 0.5) is 10.7 Å². The Morgan fingerprint density at radius 1 is 1.59 bits per heavy atom. The van der Waals surface area contributed by atoms with E-state index in [0.717, 1.165) is 0 Å². The van der Waals surface area contributed by atoms with Crippen LogP contribution in [0.5, 0.6) is 0 Å². The second kappa shape index (κ2) is 4.99. The molecule has 0 saturated carbocycles. The fourth-order valence-electron chi connectivity index (χ4n) is 1.72. The van der Waals surface area contributed by atoms with Gasteiger partial charge in [0.15, 0.2) is 5.00 Å². The van der Waals surface area contributed by atoms with E-state index in [1.165, 1.54) is 17.4 Å². The molecule has 1 aliphatic rings. The summed E-state index contributed by atoms with van der Waals surface area (Å²) in [6.07, 6.45) is -0.673. The Balaban J connectivity index is 2.32. The van der Waals surface area contributed by atoms with E-state index in [1.807, 2.05) is 4.90 Å². The van der Waals surface area contributed by atoms with E-state index in [9.17, 15) is 15.2 Å². The molecule has 0 spiro atoms. The van der Waals surface area contributed by atoms with Gasteiger partial charge in [-0.1, -0.05) is 0 Å². The van der Waals surface area contributed by atoms with Gasteiger partial charge in [0.05, 0.1) is 24.2 Å². The first kappa shape index (κ1) is 12.3. The summed E-state index contributed by atoms with van der Waals surface area (Å²) in [5.41, 5.74) is 0.0767. The topological polar surface area (TPSA) is 75.8 Å². The van der Waals surface area contributed by atoms with Crippen LogP contribution in [-0.2, 0) is 4.74 Å². The number of anilines is 1. The van der Waals surface area contributed by atoms with Gasteiger partial charge in [-0.2, -0.15) is 0 Å². The van der Waals surface area contributed by atoms with Gasteiger partial charge in [0, 0.05) is 24.0 Å². The zero-order chi connectivity index (χ0) is 12.4. The first-order valence-corrected chi connectivity index (χ1v) is 6.20. The van der Waals surface area contributed by atoms with Crippen molar-refractivity contribution in [2.75, 3.05) is 31.2 Å². The lowest BCUT2D eigenvalue weighted by molar-refractivity contribution is -0.383. The van der Waals surface area contributed by atoms with Crippen LogP contribution >= 0.6 is 11.3 Å². The molecule has 0 radical (unpaired) electrons. The molecule has 2 heterocycles. The minimum atomic E-state index is -0.673. The van der Waals surface area contributed by atoms with Crippen LogP contribution in [0.25, 0.3) is 0 Å². The van der Waals surface area contributed by atoms with Crippen LogP contribution < -0.4 is 4.90 Å². The standard InChI is InChI=1S/C10H14N2O4S/c1-7(13)9-6-8(12(14)15)10(17-9)11-2-4-16-5-3-11/h6-7,13H,2-5H2,1H3. The Kier molecular flexibility index (Phi) is 3.60. The molecule has 1 fully saturated rings. The maximum Gasteiger partial charge on any atom is 0.304 e. The predicted molar refractivity (Wildman–Crippen MR) is 64.6 cm³/mol. The molecule has 2 rings (SSSR count). The average molecular weight is 258 g/mol. The first-order chi connectivity index (χ1) is 8.09. The molecule has 1 saturated heterocycles. The zero-order valence-corrected chi connectivity index (χ0v) is 10.3. The number of ether oxygens (including phenoxy) is 1. The van der Waals surface area contributed by atoms with Crippen LogP contribution in [0.2, 0.25) is 0 Å². The summed E-state index contributed by atoms with van der Waals surface area (Å²) in [4.78, 5) is 13.1. The van der Waals surface area contributed by atoms with E-state index < -0.39 is 11.0 Å². The van der Waals surface area contributed by atoms with Crippen LogP contribution in [-0.4, -0.2) is 36.3 Å². The van der Waals surface area contributed by atoms with Crippen molar-refractivity contribution in [1.29, 1.82) is 0 Å². The highest BCUT2D eigenvalue weighted by molar-refractivity contribution is 7.16. The Bertz CT molecular complexity index is 412. The SMILES string of the molecule is CC(O)c1cc([N+](=O)[O-])c(N2CCOCC2)s1. The average Bonchev–Trinajstić information content (AvgIpc) is 2.75. The van der Waals surface area contributed by atoms with Gasteiger partial charge in [-0.3, -0.25) is 10.1 Å². The quantitative estimate of drug-likeness (QED) is 0.657. The summed E-state index contributed by atoms with van der Waals surface area (Å²) in [7, 11) is 0.